The van der Waals surface area contributed by atoms with Gasteiger partial charge in [0.25, 0.3) is 0 Å². The van der Waals surface area contributed by atoms with Crippen LogP contribution in [0.2, 0.25) is 10.0 Å². The Morgan fingerprint density at radius 1 is 1.15 bits per heavy atom. The summed E-state index contributed by atoms with van der Waals surface area (Å²) >= 11 is 12.0. The van der Waals surface area contributed by atoms with Gasteiger partial charge in [-0.25, -0.2) is 9.78 Å². The molecule has 3 heterocycles. The number of hydrogen-bond donors (Lipinski definition) is 1. The number of benzene rings is 1. The van der Waals surface area contributed by atoms with Crippen molar-refractivity contribution in [1.82, 2.24) is 19.9 Å². The Labute approximate surface area is 165 Å². The maximum atomic E-state index is 12.5. The molecule has 0 bridgehead atoms. The maximum absolute atomic E-state index is 12.5. The van der Waals surface area contributed by atoms with E-state index in [9.17, 15) is 4.79 Å². The number of hydrogen-bond acceptors (Lipinski definition) is 5. The summed E-state index contributed by atoms with van der Waals surface area (Å²) in [6.45, 7) is 3.55. The van der Waals surface area contributed by atoms with Gasteiger partial charge < -0.3 is 9.42 Å². The number of urea groups is 1. The highest BCUT2D eigenvalue weighted by atomic mass is 35.5. The molecular weight excluding hydrogens is 389 g/mol. The molecule has 2 amide bonds. The summed E-state index contributed by atoms with van der Waals surface area (Å²) in [6, 6.07) is 8.96. The second-order valence-corrected chi connectivity index (χ2v) is 7.14. The van der Waals surface area contributed by atoms with Crippen LogP contribution in [0.1, 0.15) is 5.56 Å². The third-order valence-corrected chi connectivity index (χ3v) is 5.24. The summed E-state index contributed by atoms with van der Waals surface area (Å²) in [5.74, 6) is 0.342. The molecule has 0 radical (unpaired) electrons. The lowest BCUT2D eigenvalue weighted by molar-refractivity contribution is 0.143. The van der Waals surface area contributed by atoms with E-state index in [1.807, 2.05) is 12.1 Å². The largest absolute Gasteiger partial charge is 0.352 e. The second kappa shape index (κ2) is 7.72. The first-order valence-corrected chi connectivity index (χ1v) is 9.28. The summed E-state index contributed by atoms with van der Waals surface area (Å²) in [5.41, 5.74) is 2.19. The smallest absolute Gasteiger partial charge is 0.323 e. The predicted molar refractivity (Wildman–Crippen MR) is 104 cm³/mol. The van der Waals surface area contributed by atoms with Crippen LogP contribution in [0.5, 0.6) is 0 Å². The topological polar surface area (TPSA) is 74.5 Å². The van der Waals surface area contributed by atoms with Crippen molar-refractivity contribution in [2.45, 2.75) is 6.54 Å². The van der Waals surface area contributed by atoms with Gasteiger partial charge in [0.2, 0.25) is 5.82 Å². The van der Waals surface area contributed by atoms with Crippen molar-refractivity contribution in [3.05, 3.63) is 52.1 Å². The summed E-state index contributed by atoms with van der Waals surface area (Å²) in [7, 11) is 0. The normalized spacial score (nSPS) is 15.3. The molecule has 4 rings (SSSR count). The van der Waals surface area contributed by atoms with Crippen LogP contribution in [0, 0.1) is 0 Å². The summed E-state index contributed by atoms with van der Waals surface area (Å²) in [4.78, 5) is 20.7. The number of amides is 2. The zero-order valence-corrected chi connectivity index (χ0v) is 15.9. The van der Waals surface area contributed by atoms with Crippen molar-refractivity contribution in [3.63, 3.8) is 0 Å². The van der Waals surface area contributed by atoms with Crippen LogP contribution in [0.4, 0.5) is 10.6 Å². The first-order valence-electron chi connectivity index (χ1n) is 8.53. The van der Waals surface area contributed by atoms with Gasteiger partial charge in [-0.3, -0.25) is 10.2 Å². The number of nitrogens with one attached hydrogen (secondary N) is 1. The highest BCUT2D eigenvalue weighted by molar-refractivity contribution is 6.42. The lowest BCUT2D eigenvalue weighted by Gasteiger charge is -2.34. The molecule has 1 aromatic carbocycles. The van der Waals surface area contributed by atoms with E-state index in [-0.39, 0.29) is 6.03 Å². The number of carbonyl (C=O) groups is 1. The molecule has 1 aliphatic heterocycles. The Balaban J connectivity index is 1.33. The van der Waals surface area contributed by atoms with Crippen LogP contribution in [0.25, 0.3) is 11.1 Å². The number of carbonyl (C=O) groups excluding carboxylic acids is 1. The van der Waals surface area contributed by atoms with Gasteiger partial charge in [-0.1, -0.05) is 34.4 Å². The molecule has 0 atom stereocenters. The Kier molecular flexibility index (Phi) is 5.15. The Morgan fingerprint density at radius 2 is 1.96 bits per heavy atom. The van der Waals surface area contributed by atoms with Crippen molar-refractivity contribution < 1.29 is 9.32 Å². The van der Waals surface area contributed by atoms with Gasteiger partial charge in [-0.15, -0.1) is 0 Å². The lowest BCUT2D eigenvalue weighted by Crippen LogP contribution is -2.49. The standard InChI is InChI=1S/C18H17Cl2N5O2/c19-13-4-3-12(10-14(13)20)11-24-6-8-25(9-7-24)18(26)22-17-16-15(27-23-17)2-1-5-21-16/h1-5,10H,6-9,11H2,(H,22,23,26). The summed E-state index contributed by atoms with van der Waals surface area (Å²) in [6.07, 6.45) is 1.64. The van der Waals surface area contributed by atoms with E-state index in [0.717, 1.165) is 25.2 Å². The van der Waals surface area contributed by atoms with Gasteiger partial charge in [0.05, 0.1) is 10.0 Å². The van der Waals surface area contributed by atoms with Gasteiger partial charge in [0.1, 0.15) is 0 Å². The number of fused-ring (bicyclic) bond motifs is 1. The minimum absolute atomic E-state index is 0.204. The zero-order valence-electron chi connectivity index (χ0n) is 14.4. The molecule has 140 valence electrons. The zero-order chi connectivity index (χ0) is 18.8. The van der Waals surface area contributed by atoms with Crippen LogP contribution in [0.3, 0.4) is 0 Å². The molecule has 1 aliphatic rings. The predicted octanol–water partition coefficient (Wildman–Crippen LogP) is 3.88. The average Bonchev–Trinajstić information content (AvgIpc) is 3.08. The van der Waals surface area contributed by atoms with Gasteiger partial charge in [0.15, 0.2) is 11.1 Å². The molecule has 1 saturated heterocycles. The molecule has 0 aliphatic carbocycles. The molecule has 7 nitrogen and oxygen atoms in total. The van der Waals surface area contributed by atoms with Crippen molar-refractivity contribution in [2.75, 3.05) is 31.5 Å². The first kappa shape index (κ1) is 18.0. The van der Waals surface area contributed by atoms with Crippen molar-refractivity contribution in [1.29, 1.82) is 0 Å². The van der Waals surface area contributed by atoms with Gasteiger partial charge in [-0.05, 0) is 29.8 Å². The average molecular weight is 406 g/mol. The number of nitrogens with zero attached hydrogens (tertiary/aromatic N) is 4. The molecule has 1 fully saturated rings. The molecular formula is C18H17Cl2N5O2. The van der Waals surface area contributed by atoms with Crippen LogP contribution in [0.15, 0.2) is 41.1 Å². The van der Waals surface area contributed by atoms with Gasteiger partial charge in [0, 0.05) is 38.9 Å². The SMILES string of the molecule is O=C(Nc1noc2cccnc12)N1CCN(Cc2ccc(Cl)c(Cl)c2)CC1. The molecule has 3 aromatic rings. The van der Waals surface area contributed by atoms with Crippen molar-refractivity contribution in [2.24, 2.45) is 0 Å². The first-order chi connectivity index (χ1) is 13.1. The minimum Gasteiger partial charge on any atom is -0.352 e. The fraction of sp³-hybridized carbons (Fsp3) is 0.278. The fourth-order valence-corrected chi connectivity index (χ4v) is 3.37. The van der Waals surface area contributed by atoms with Crippen molar-refractivity contribution in [3.8, 4) is 0 Å². The van der Waals surface area contributed by atoms with E-state index in [2.05, 4.69) is 20.4 Å². The second-order valence-electron chi connectivity index (χ2n) is 6.32. The lowest BCUT2D eigenvalue weighted by atomic mass is 10.2. The molecule has 0 unspecified atom stereocenters. The Morgan fingerprint density at radius 3 is 2.74 bits per heavy atom. The monoisotopic (exact) mass is 405 g/mol. The molecule has 0 spiro atoms. The number of aromatic nitrogens is 2. The fourth-order valence-electron chi connectivity index (χ4n) is 3.05. The molecule has 2 aromatic heterocycles. The number of piperazine rings is 1. The molecule has 27 heavy (non-hydrogen) atoms. The van der Waals surface area contributed by atoms with Crippen LogP contribution in [-0.2, 0) is 6.54 Å². The summed E-state index contributed by atoms with van der Waals surface area (Å²) < 4.78 is 5.16. The van der Waals surface area contributed by atoms with Crippen LogP contribution < -0.4 is 5.32 Å². The molecule has 9 heteroatoms. The van der Waals surface area contributed by atoms with Crippen molar-refractivity contribution >= 4 is 46.2 Å². The number of anilines is 1. The van der Waals surface area contributed by atoms with E-state index < -0.39 is 0 Å². The van der Waals surface area contributed by atoms with Crippen LogP contribution in [-0.4, -0.2) is 52.2 Å². The van der Waals surface area contributed by atoms with E-state index in [1.165, 1.54) is 0 Å². The van der Waals surface area contributed by atoms with Crippen LogP contribution >= 0.6 is 23.2 Å². The quantitative estimate of drug-likeness (QED) is 0.715. The number of halogens is 2. The van der Waals surface area contributed by atoms with E-state index in [1.54, 1.807) is 29.3 Å². The van der Waals surface area contributed by atoms with E-state index in [0.29, 0.717) is 40.1 Å². The highest BCUT2D eigenvalue weighted by Crippen LogP contribution is 2.24. The third-order valence-electron chi connectivity index (χ3n) is 4.51. The molecule has 1 N–H and O–H groups in total. The summed E-state index contributed by atoms with van der Waals surface area (Å²) in [5, 5.41) is 7.78. The molecule has 0 saturated carbocycles. The van der Waals surface area contributed by atoms with Gasteiger partial charge >= 0.3 is 6.03 Å². The minimum atomic E-state index is -0.204. The Hall–Kier alpha value is -2.35. The maximum Gasteiger partial charge on any atom is 0.323 e. The Bertz CT molecular complexity index is 969. The number of pyridine rings is 1. The van der Waals surface area contributed by atoms with E-state index in [4.69, 9.17) is 27.7 Å². The third kappa shape index (κ3) is 4.00. The van der Waals surface area contributed by atoms with Gasteiger partial charge in [-0.2, -0.15) is 0 Å². The number of rotatable bonds is 3. The highest BCUT2D eigenvalue weighted by Gasteiger charge is 2.23. The van der Waals surface area contributed by atoms with E-state index >= 15 is 0 Å².